The van der Waals surface area contributed by atoms with Crippen LogP contribution >= 0.6 is 23.4 Å². The predicted molar refractivity (Wildman–Crippen MR) is 135 cm³/mol. The molecule has 36 heavy (non-hydrogen) atoms. The van der Waals surface area contributed by atoms with E-state index in [0.29, 0.717) is 23.7 Å². The van der Waals surface area contributed by atoms with Crippen molar-refractivity contribution >= 4 is 29.3 Å². The highest BCUT2D eigenvalue weighted by Gasteiger charge is 2.15. The van der Waals surface area contributed by atoms with E-state index in [9.17, 15) is 9.18 Å². The molecule has 0 atom stereocenters. The number of halogens is 2. The monoisotopic (exact) mass is 519 g/mol. The van der Waals surface area contributed by atoms with Gasteiger partial charge in [0.25, 0.3) is 0 Å². The quantitative estimate of drug-likeness (QED) is 0.280. The Kier molecular flexibility index (Phi) is 6.84. The molecule has 0 fully saturated rings. The van der Waals surface area contributed by atoms with Crippen LogP contribution in [0.4, 0.5) is 4.39 Å². The highest BCUT2D eigenvalue weighted by atomic mass is 35.5. The Balaban J connectivity index is 1.40. The molecule has 5 aromatic rings. The third-order valence-corrected chi connectivity index (χ3v) is 6.64. The van der Waals surface area contributed by atoms with Crippen LogP contribution in [0.5, 0.6) is 0 Å². The van der Waals surface area contributed by atoms with Gasteiger partial charge in [0.1, 0.15) is 11.5 Å². The Morgan fingerprint density at radius 1 is 1.00 bits per heavy atom. The lowest BCUT2D eigenvalue weighted by atomic mass is 10.1. The van der Waals surface area contributed by atoms with E-state index in [0.717, 1.165) is 32.3 Å². The second-order valence-corrected chi connectivity index (χ2v) is 9.45. The largest absolute Gasteiger partial charge is 0.361 e. The molecule has 3 aromatic carbocycles. The fraction of sp³-hybridized carbons (Fsp3) is 0.0769. The molecule has 0 spiro atoms. The molecule has 0 aliphatic rings. The van der Waals surface area contributed by atoms with Crippen LogP contribution in [0, 0.1) is 5.82 Å². The van der Waals surface area contributed by atoms with E-state index < -0.39 is 5.91 Å². The minimum absolute atomic E-state index is 0.192. The van der Waals surface area contributed by atoms with E-state index in [4.69, 9.17) is 27.0 Å². The van der Waals surface area contributed by atoms with Crippen molar-refractivity contribution in [3.63, 3.8) is 0 Å². The Labute approximate surface area is 215 Å². The molecule has 0 aliphatic heterocycles. The minimum atomic E-state index is -0.745. The third-order valence-electron chi connectivity index (χ3n) is 5.36. The summed E-state index contributed by atoms with van der Waals surface area (Å²) >= 11 is 7.62. The molecular weight excluding hydrogens is 501 g/mol. The van der Waals surface area contributed by atoms with E-state index in [1.807, 2.05) is 54.7 Å². The van der Waals surface area contributed by atoms with Crippen molar-refractivity contribution in [1.29, 1.82) is 0 Å². The molecule has 7 nitrogen and oxygen atoms in total. The van der Waals surface area contributed by atoms with Crippen LogP contribution in [-0.4, -0.2) is 25.8 Å². The summed E-state index contributed by atoms with van der Waals surface area (Å²) in [6.07, 6.45) is 3.10. The first-order valence-corrected chi connectivity index (χ1v) is 12.1. The van der Waals surface area contributed by atoms with E-state index in [-0.39, 0.29) is 11.7 Å². The van der Waals surface area contributed by atoms with Gasteiger partial charge in [-0.15, -0.1) is 0 Å². The average Bonchev–Trinajstić information content (AvgIpc) is 3.53. The number of aromatic nitrogens is 4. The first-order valence-electron chi connectivity index (χ1n) is 11.0. The third kappa shape index (κ3) is 5.48. The van der Waals surface area contributed by atoms with Crippen molar-refractivity contribution in [3.8, 4) is 16.9 Å². The van der Waals surface area contributed by atoms with Gasteiger partial charge in [0.15, 0.2) is 5.82 Å². The number of primary amides is 1. The smallest absolute Gasteiger partial charge is 0.315 e. The number of aryl methyl sites for hydroxylation is 2. The maximum atomic E-state index is 13.4. The number of hydrogen-bond acceptors (Lipinski definition) is 6. The van der Waals surface area contributed by atoms with Crippen LogP contribution in [0.1, 0.15) is 22.1 Å². The van der Waals surface area contributed by atoms with Gasteiger partial charge in [-0.05, 0) is 60.5 Å². The Hall–Kier alpha value is -3.95. The number of benzene rings is 3. The summed E-state index contributed by atoms with van der Waals surface area (Å²) in [7, 11) is 0. The number of rotatable bonds is 8. The van der Waals surface area contributed by atoms with E-state index in [2.05, 4.69) is 10.1 Å². The molecule has 2 N–H and O–H groups in total. The molecule has 2 aromatic heterocycles. The van der Waals surface area contributed by atoms with Crippen LogP contribution < -0.4 is 5.73 Å². The minimum Gasteiger partial charge on any atom is -0.361 e. The zero-order valence-corrected chi connectivity index (χ0v) is 20.3. The highest BCUT2D eigenvalue weighted by molar-refractivity contribution is 7.99. The van der Waals surface area contributed by atoms with Gasteiger partial charge < -0.3 is 10.3 Å². The van der Waals surface area contributed by atoms with Gasteiger partial charge in [0, 0.05) is 28.1 Å². The average molecular weight is 520 g/mol. The van der Waals surface area contributed by atoms with E-state index >= 15 is 0 Å². The maximum absolute atomic E-state index is 13.4. The van der Waals surface area contributed by atoms with Gasteiger partial charge >= 0.3 is 11.8 Å². The summed E-state index contributed by atoms with van der Waals surface area (Å²) < 4.78 is 20.0. The number of nitrogens with two attached hydrogens (primary N) is 1. The Morgan fingerprint density at radius 2 is 1.72 bits per heavy atom. The Morgan fingerprint density at radius 3 is 2.39 bits per heavy atom. The lowest BCUT2D eigenvalue weighted by molar-refractivity contribution is 0.0958. The molecule has 0 aliphatic carbocycles. The molecule has 0 saturated carbocycles. The highest BCUT2D eigenvalue weighted by Crippen LogP contribution is 2.36. The van der Waals surface area contributed by atoms with Gasteiger partial charge in [-0.3, -0.25) is 4.79 Å². The van der Waals surface area contributed by atoms with Crippen LogP contribution in [-0.2, 0) is 12.8 Å². The van der Waals surface area contributed by atoms with Crippen LogP contribution in [0.25, 0.3) is 16.9 Å². The topological polar surface area (TPSA) is 99.8 Å². The molecule has 180 valence electrons. The molecule has 5 rings (SSSR count). The van der Waals surface area contributed by atoms with Crippen LogP contribution in [0.3, 0.4) is 0 Å². The van der Waals surface area contributed by atoms with Gasteiger partial charge in [-0.25, -0.2) is 9.07 Å². The summed E-state index contributed by atoms with van der Waals surface area (Å²) in [5.41, 5.74) is 8.71. The van der Waals surface area contributed by atoms with Crippen molar-refractivity contribution < 1.29 is 13.7 Å². The van der Waals surface area contributed by atoms with Gasteiger partial charge in [-0.2, -0.15) is 10.1 Å². The van der Waals surface area contributed by atoms with Crippen molar-refractivity contribution in [3.05, 3.63) is 107 Å². The molecule has 0 unspecified atom stereocenters. The summed E-state index contributed by atoms with van der Waals surface area (Å²) in [4.78, 5) is 17.1. The van der Waals surface area contributed by atoms with E-state index in [1.54, 1.807) is 28.6 Å². The SMILES string of the molecule is NC(=O)c1nc(CCc2ccc(-c3nn(-c4ccc(F)cc4)cc3Sc3ccc(Cl)cc3)cc2)no1. The summed E-state index contributed by atoms with van der Waals surface area (Å²) in [5, 5.41) is 9.26. The molecule has 0 bridgehead atoms. The first-order chi connectivity index (χ1) is 17.4. The van der Waals surface area contributed by atoms with Crippen molar-refractivity contribution in [2.45, 2.75) is 22.6 Å². The zero-order chi connectivity index (χ0) is 25.1. The predicted octanol–water partition coefficient (Wildman–Crippen LogP) is 5.75. The Bertz CT molecular complexity index is 1500. The molecule has 1 amide bonds. The second-order valence-electron chi connectivity index (χ2n) is 7.90. The lowest BCUT2D eigenvalue weighted by Gasteiger charge is -2.05. The van der Waals surface area contributed by atoms with Gasteiger partial charge in [0.2, 0.25) is 0 Å². The fourth-order valence-corrected chi connectivity index (χ4v) is 4.59. The number of nitrogens with zero attached hydrogens (tertiary/aromatic N) is 4. The maximum Gasteiger partial charge on any atom is 0.315 e. The standard InChI is InChI=1S/C26H19ClFN5O2S/c27-18-6-12-21(13-7-18)36-22-15-33(20-10-8-19(28)9-11-20)31-24(22)17-4-1-16(2-5-17)3-14-23-30-26(25(29)34)35-32-23/h1-2,4-13,15H,3,14H2,(H2,29,34). The summed E-state index contributed by atoms with van der Waals surface area (Å²) in [5.74, 6) is -0.815. The first kappa shape index (κ1) is 23.8. The molecule has 2 heterocycles. The zero-order valence-electron chi connectivity index (χ0n) is 18.8. The second kappa shape index (κ2) is 10.3. The van der Waals surface area contributed by atoms with E-state index in [1.165, 1.54) is 12.1 Å². The normalized spacial score (nSPS) is 11.1. The van der Waals surface area contributed by atoms with Crippen molar-refractivity contribution in [2.24, 2.45) is 5.73 Å². The number of carbonyl (C=O) groups is 1. The molecule has 10 heteroatoms. The molecular formula is C26H19ClFN5O2S. The van der Waals surface area contributed by atoms with Crippen molar-refractivity contribution in [1.82, 2.24) is 19.9 Å². The molecule has 0 radical (unpaired) electrons. The van der Waals surface area contributed by atoms with Crippen LogP contribution in [0.15, 0.2) is 93.3 Å². The fourth-order valence-electron chi connectivity index (χ4n) is 3.53. The number of hydrogen-bond donors (Lipinski definition) is 1. The van der Waals surface area contributed by atoms with Crippen molar-refractivity contribution in [2.75, 3.05) is 0 Å². The lowest BCUT2D eigenvalue weighted by Crippen LogP contribution is -2.11. The van der Waals surface area contributed by atoms with Gasteiger partial charge in [0.05, 0.1) is 10.6 Å². The molecule has 0 saturated heterocycles. The summed E-state index contributed by atoms with van der Waals surface area (Å²) in [6.45, 7) is 0. The van der Waals surface area contributed by atoms with Crippen LogP contribution in [0.2, 0.25) is 5.02 Å². The number of carbonyl (C=O) groups excluding carboxylic acids is 1. The van der Waals surface area contributed by atoms with Gasteiger partial charge in [-0.1, -0.05) is 52.8 Å². The number of amides is 1. The summed E-state index contributed by atoms with van der Waals surface area (Å²) in [6, 6.07) is 21.8.